The van der Waals surface area contributed by atoms with Crippen LogP contribution in [0.1, 0.15) is 13.3 Å². The number of rotatable bonds is 7. The number of ether oxygens (including phenoxy) is 2. The van der Waals surface area contributed by atoms with Crippen LogP contribution in [0, 0.1) is 10.1 Å². The lowest BCUT2D eigenvalue weighted by Gasteiger charge is -2.04. The molecule has 0 spiro atoms. The van der Waals surface area contributed by atoms with E-state index in [-0.39, 0.29) is 30.6 Å². The largest absolute Gasteiger partial charge is 0.483 e. The Balaban J connectivity index is 2.49. The van der Waals surface area contributed by atoms with Crippen LogP contribution in [0.4, 0.5) is 5.69 Å². The van der Waals surface area contributed by atoms with Crippen LogP contribution in [0.15, 0.2) is 34.8 Å². The van der Waals surface area contributed by atoms with Crippen molar-refractivity contribution < 1.29 is 19.2 Å². The molecule has 0 atom stereocenters. The molecule has 108 valence electrons. The quantitative estimate of drug-likeness (QED) is 0.328. The summed E-state index contributed by atoms with van der Waals surface area (Å²) in [7, 11) is 0. The van der Waals surface area contributed by atoms with Crippen LogP contribution >= 0.6 is 15.9 Å². The van der Waals surface area contributed by atoms with Gasteiger partial charge in [-0.1, -0.05) is 22.9 Å². The Morgan fingerprint density at radius 2 is 2.10 bits per heavy atom. The van der Waals surface area contributed by atoms with E-state index in [0.29, 0.717) is 10.9 Å². The second-order valence-corrected chi connectivity index (χ2v) is 4.60. The molecule has 0 aromatic heterocycles. The number of hydrogen-bond acceptors (Lipinski definition) is 5. The Bertz CT molecular complexity index is 515. The summed E-state index contributed by atoms with van der Waals surface area (Å²) >= 11 is 3.23. The summed E-state index contributed by atoms with van der Waals surface area (Å²) < 4.78 is 10.8. The highest BCUT2D eigenvalue weighted by molar-refractivity contribution is 9.10. The summed E-state index contributed by atoms with van der Waals surface area (Å²) in [5.74, 6) is -0.0993. The zero-order valence-electron chi connectivity index (χ0n) is 10.9. The first-order chi connectivity index (χ1) is 9.54. The number of nitrogens with zero attached hydrogens (tertiary/aromatic N) is 1. The summed E-state index contributed by atoms with van der Waals surface area (Å²) in [5, 5.41) is 10.8. The zero-order valence-corrected chi connectivity index (χ0v) is 12.5. The van der Waals surface area contributed by atoms with Crippen molar-refractivity contribution in [3.05, 3.63) is 44.9 Å². The summed E-state index contributed by atoms with van der Waals surface area (Å²) in [6.45, 7) is 2.03. The van der Waals surface area contributed by atoms with Crippen molar-refractivity contribution in [1.29, 1.82) is 0 Å². The molecule has 0 bridgehead atoms. The SMILES string of the molecule is CCC(=O)OC/C=C\COc1cc(Br)ccc1[N+](=O)[O-]. The van der Waals surface area contributed by atoms with E-state index in [2.05, 4.69) is 15.9 Å². The number of hydrogen-bond donors (Lipinski definition) is 0. The van der Waals surface area contributed by atoms with Gasteiger partial charge in [-0.2, -0.15) is 0 Å². The van der Waals surface area contributed by atoms with Crippen molar-refractivity contribution in [2.75, 3.05) is 13.2 Å². The lowest BCUT2D eigenvalue weighted by molar-refractivity contribution is -0.385. The van der Waals surface area contributed by atoms with Gasteiger partial charge in [-0.25, -0.2) is 0 Å². The van der Waals surface area contributed by atoms with E-state index in [1.807, 2.05) is 0 Å². The van der Waals surface area contributed by atoms with Crippen LogP contribution in [-0.2, 0) is 9.53 Å². The molecular formula is C13H14BrNO5. The van der Waals surface area contributed by atoms with Crippen LogP contribution in [0.3, 0.4) is 0 Å². The van der Waals surface area contributed by atoms with Gasteiger partial charge < -0.3 is 9.47 Å². The van der Waals surface area contributed by atoms with E-state index in [1.54, 1.807) is 25.1 Å². The zero-order chi connectivity index (χ0) is 15.0. The Hall–Kier alpha value is -1.89. The fourth-order valence-electron chi connectivity index (χ4n) is 1.27. The van der Waals surface area contributed by atoms with Gasteiger partial charge in [0.1, 0.15) is 13.2 Å². The second kappa shape index (κ2) is 8.31. The van der Waals surface area contributed by atoms with Crippen molar-refractivity contribution in [3.63, 3.8) is 0 Å². The number of halogens is 1. The molecule has 1 rings (SSSR count). The predicted molar refractivity (Wildman–Crippen MR) is 76.7 cm³/mol. The molecule has 0 radical (unpaired) electrons. The molecule has 0 N–H and O–H groups in total. The van der Waals surface area contributed by atoms with Crippen LogP contribution in [-0.4, -0.2) is 24.1 Å². The third kappa shape index (κ3) is 5.40. The summed E-state index contributed by atoms with van der Waals surface area (Å²) in [6, 6.07) is 4.47. The molecule has 20 heavy (non-hydrogen) atoms. The molecule has 0 unspecified atom stereocenters. The minimum Gasteiger partial charge on any atom is -0.483 e. The van der Waals surface area contributed by atoms with Crippen molar-refractivity contribution in [2.24, 2.45) is 0 Å². The fourth-order valence-corrected chi connectivity index (χ4v) is 1.61. The number of carbonyl (C=O) groups excluding carboxylic acids is 1. The Labute approximate surface area is 124 Å². The van der Waals surface area contributed by atoms with E-state index in [9.17, 15) is 14.9 Å². The first-order valence-electron chi connectivity index (χ1n) is 5.92. The molecule has 0 amide bonds. The highest BCUT2D eigenvalue weighted by Crippen LogP contribution is 2.29. The van der Waals surface area contributed by atoms with E-state index in [1.165, 1.54) is 12.1 Å². The molecule has 0 saturated heterocycles. The van der Waals surface area contributed by atoms with Crippen LogP contribution in [0.2, 0.25) is 0 Å². The first kappa shape index (κ1) is 16.2. The Kier molecular flexibility index (Phi) is 6.72. The predicted octanol–water partition coefficient (Wildman–Crippen LogP) is 3.25. The normalized spacial score (nSPS) is 10.5. The number of nitro benzene ring substituents is 1. The van der Waals surface area contributed by atoms with Gasteiger partial charge in [0.05, 0.1) is 4.92 Å². The lowest BCUT2D eigenvalue weighted by atomic mass is 10.3. The van der Waals surface area contributed by atoms with Gasteiger partial charge in [-0.3, -0.25) is 14.9 Å². The molecule has 1 aromatic rings. The van der Waals surface area contributed by atoms with Crippen LogP contribution < -0.4 is 4.74 Å². The number of nitro groups is 1. The molecule has 0 aliphatic carbocycles. The van der Waals surface area contributed by atoms with Gasteiger partial charge in [-0.15, -0.1) is 0 Å². The molecule has 1 aromatic carbocycles. The minimum atomic E-state index is -0.505. The van der Waals surface area contributed by atoms with Crippen molar-refractivity contribution >= 4 is 27.6 Å². The molecule has 0 heterocycles. The Morgan fingerprint density at radius 3 is 2.75 bits per heavy atom. The van der Waals surface area contributed by atoms with Crippen molar-refractivity contribution in [1.82, 2.24) is 0 Å². The smallest absolute Gasteiger partial charge is 0.311 e. The molecule has 7 heteroatoms. The fraction of sp³-hybridized carbons (Fsp3) is 0.308. The van der Waals surface area contributed by atoms with Gasteiger partial charge in [0.25, 0.3) is 0 Å². The van der Waals surface area contributed by atoms with Gasteiger partial charge in [-0.05, 0) is 18.2 Å². The average Bonchev–Trinajstić information content (AvgIpc) is 2.42. The molecule has 0 saturated carbocycles. The van der Waals surface area contributed by atoms with Gasteiger partial charge in [0.15, 0.2) is 5.75 Å². The maximum absolute atomic E-state index is 10.9. The standard InChI is InChI=1S/C13H14BrNO5/c1-2-13(16)20-8-4-3-7-19-12-9-10(14)5-6-11(12)15(17)18/h3-6,9H,2,7-8H2,1H3/b4-3-. The van der Waals surface area contributed by atoms with E-state index >= 15 is 0 Å². The van der Waals surface area contributed by atoms with E-state index < -0.39 is 4.92 Å². The van der Waals surface area contributed by atoms with E-state index in [4.69, 9.17) is 9.47 Å². The van der Waals surface area contributed by atoms with Gasteiger partial charge in [0, 0.05) is 23.0 Å². The molecule has 0 aliphatic heterocycles. The molecule has 0 aliphatic rings. The van der Waals surface area contributed by atoms with E-state index in [0.717, 1.165) is 0 Å². The summed E-state index contributed by atoms with van der Waals surface area (Å²) in [5.41, 5.74) is -0.0981. The number of esters is 1. The third-order valence-electron chi connectivity index (χ3n) is 2.25. The topological polar surface area (TPSA) is 78.7 Å². The Morgan fingerprint density at radius 1 is 1.40 bits per heavy atom. The van der Waals surface area contributed by atoms with Gasteiger partial charge in [0.2, 0.25) is 0 Å². The van der Waals surface area contributed by atoms with Crippen LogP contribution in [0.25, 0.3) is 0 Å². The van der Waals surface area contributed by atoms with Gasteiger partial charge >= 0.3 is 11.7 Å². The first-order valence-corrected chi connectivity index (χ1v) is 6.71. The molecule has 6 nitrogen and oxygen atoms in total. The maximum atomic E-state index is 10.9. The maximum Gasteiger partial charge on any atom is 0.311 e. The lowest BCUT2D eigenvalue weighted by Crippen LogP contribution is -2.02. The highest BCUT2D eigenvalue weighted by Gasteiger charge is 2.14. The van der Waals surface area contributed by atoms with Crippen molar-refractivity contribution in [3.8, 4) is 5.75 Å². The molecule has 0 fully saturated rings. The monoisotopic (exact) mass is 343 g/mol. The summed E-state index contributed by atoms with van der Waals surface area (Å²) in [6.07, 6.45) is 3.58. The average molecular weight is 344 g/mol. The summed E-state index contributed by atoms with van der Waals surface area (Å²) in [4.78, 5) is 21.2. The second-order valence-electron chi connectivity index (χ2n) is 3.69. The molecular weight excluding hydrogens is 330 g/mol. The third-order valence-corrected chi connectivity index (χ3v) is 2.74. The van der Waals surface area contributed by atoms with Crippen molar-refractivity contribution in [2.45, 2.75) is 13.3 Å². The number of benzene rings is 1. The highest BCUT2D eigenvalue weighted by atomic mass is 79.9. The minimum absolute atomic E-state index is 0.0981. The number of carbonyl (C=O) groups is 1. The van der Waals surface area contributed by atoms with Crippen LogP contribution in [0.5, 0.6) is 5.75 Å².